The van der Waals surface area contributed by atoms with Gasteiger partial charge in [0.1, 0.15) is 0 Å². The summed E-state index contributed by atoms with van der Waals surface area (Å²) < 4.78 is 0. The smallest absolute Gasteiger partial charge is 0.254 e. The fourth-order valence-electron chi connectivity index (χ4n) is 3.28. The van der Waals surface area contributed by atoms with Gasteiger partial charge in [0, 0.05) is 35.7 Å². The molecule has 0 unspecified atom stereocenters. The largest absolute Gasteiger partial charge is 0.335 e. The minimum atomic E-state index is -0.0709. The van der Waals surface area contributed by atoms with Gasteiger partial charge in [0.25, 0.3) is 5.91 Å². The third-order valence-corrected chi connectivity index (χ3v) is 4.69. The van der Waals surface area contributed by atoms with Crippen LogP contribution in [0.25, 0.3) is 0 Å². The van der Waals surface area contributed by atoms with Crippen molar-refractivity contribution in [1.82, 2.24) is 4.90 Å². The molecule has 1 aliphatic heterocycles. The van der Waals surface area contributed by atoms with Crippen molar-refractivity contribution in [2.75, 3.05) is 6.54 Å². The van der Waals surface area contributed by atoms with Crippen molar-refractivity contribution in [2.45, 2.75) is 32.2 Å². The molecule has 1 fully saturated rings. The summed E-state index contributed by atoms with van der Waals surface area (Å²) in [5, 5.41) is 0. The second-order valence-electron chi connectivity index (χ2n) is 6.42. The Morgan fingerprint density at radius 2 is 1.56 bits per heavy atom. The summed E-state index contributed by atoms with van der Waals surface area (Å²) in [4.78, 5) is 38.4. The topological polar surface area (TPSA) is 54.5 Å². The molecule has 0 spiro atoms. The van der Waals surface area contributed by atoms with E-state index in [0.29, 0.717) is 29.7 Å². The van der Waals surface area contributed by atoms with Crippen molar-refractivity contribution in [3.63, 3.8) is 0 Å². The van der Waals surface area contributed by atoms with Gasteiger partial charge in [-0.2, -0.15) is 0 Å². The number of carbonyl (C=O) groups excluding carboxylic acids is 3. The maximum atomic E-state index is 12.8. The lowest BCUT2D eigenvalue weighted by molar-refractivity contribution is 0.0716. The summed E-state index contributed by atoms with van der Waals surface area (Å²) in [5.74, 6) is -0.0257. The molecule has 0 radical (unpaired) electrons. The summed E-state index contributed by atoms with van der Waals surface area (Å²) in [5.41, 5.74) is 1.84. The second-order valence-corrected chi connectivity index (χ2v) is 6.42. The van der Waals surface area contributed by atoms with Crippen LogP contribution >= 0.6 is 0 Å². The molecular weight excluding hydrogens is 314 g/mol. The fourth-order valence-corrected chi connectivity index (χ4v) is 3.28. The molecular formula is C21H21NO3. The Balaban J connectivity index is 1.71. The minimum Gasteiger partial charge on any atom is -0.335 e. The predicted octanol–water partition coefficient (Wildman–Crippen LogP) is 3.77. The number of nitrogens with zero attached hydrogens (tertiary/aromatic N) is 1. The first-order chi connectivity index (χ1) is 12.1. The Morgan fingerprint density at radius 3 is 2.20 bits per heavy atom. The van der Waals surface area contributed by atoms with Crippen LogP contribution in [0.5, 0.6) is 0 Å². The molecule has 25 heavy (non-hydrogen) atoms. The average molecular weight is 335 g/mol. The predicted molar refractivity (Wildman–Crippen MR) is 95.9 cm³/mol. The molecule has 1 saturated heterocycles. The van der Waals surface area contributed by atoms with Gasteiger partial charge in [-0.25, -0.2) is 0 Å². The van der Waals surface area contributed by atoms with Crippen LogP contribution in [0.2, 0.25) is 0 Å². The monoisotopic (exact) mass is 335 g/mol. The summed E-state index contributed by atoms with van der Waals surface area (Å²) in [6.45, 7) is 2.17. The highest BCUT2D eigenvalue weighted by Crippen LogP contribution is 2.24. The normalized spacial score (nSPS) is 16.7. The molecule has 0 aliphatic carbocycles. The van der Waals surface area contributed by atoms with E-state index < -0.39 is 0 Å². The molecule has 0 saturated carbocycles. The lowest BCUT2D eigenvalue weighted by Crippen LogP contribution is -2.36. The van der Waals surface area contributed by atoms with Gasteiger partial charge in [0.05, 0.1) is 0 Å². The molecule has 0 N–H and O–H groups in total. The second kappa shape index (κ2) is 7.43. The molecule has 128 valence electrons. The Bertz CT molecular complexity index is 781. The third kappa shape index (κ3) is 3.85. The molecule has 1 aliphatic rings. The molecule has 2 aromatic rings. The standard InChI is InChI=1S/C21H21NO3/c1-15(23)16-9-11-18(12-10-16)21(25)22-13-5-8-19(22)14-20(24)17-6-3-2-4-7-17/h2-4,6-7,9-12,19H,5,8,13-14H2,1H3/t19-/m0/s1. The summed E-state index contributed by atoms with van der Waals surface area (Å²) in [6, 6.07) is 15.9. The SMILES string of the molecule is CC(=O)c1ccc(C(=O)N2CCC[C@H]2CC(=O)c2ccccc2)cc1. The van der Waals surface area contributed by atoms with E-state index in [1.807, 2.05) is 30.3 Å². The maximum Gasteiger partial charge on any atom is 0.254 e. The fraction of sp³-hybridized carbons (Fsp3) is 0.286. The van der Waals surface area contributed by atoms with E-state index in [1.165, 1.54) is 6.92 Å². The zero-order valence-electron chi connectivity index (χ0n) is 14.3. The highest BCUT2D eigenvalue weighted by Gasteiger charge is 2.31. The highest BCUT2D eigenvalue weighted by molar-refractivity contribution is 5.99. The molecule has 3 rings (SSSR count). The van der Waals surface area contributed by atoms with E-state index in [2.05, 4.69) is 0 Å². The van der Waals surface area contributed by atoms with Crippen LogP contribution in [0.3, 0.4) is 0 Å². The molecule has 1 amide bonds. The summed E-state index contributed by atoms with van der Waals surface area (Å²) in [7, 11) is 0. The number of benzene rings is 2. The van der Waals surface area contributed by atoms with Gasteiger partial charge in [-0.05, 0) is 31.9 Å². The number of ketones is 2. The molecule has 0 aromatic heterocycles. The zero-order valence-corrected chi connectivity index (χ0v) is 14.3. The molecule has 1 atom stereocenters. The van der Waals surface area contributed by atoms with Gasteiger partial charge in [0.2, 0.25) is 0 Å². The lowest BCUT2D eigenvalue weighted by Gasteiger charge is -2.24. The van der Waals surface area contributed by atoms with E-state index in [9.17, 15) is 14.4 Å². The van der Waals surface area contributed by atoms with E-state index in [1.54, 1.807) is 29.2 Å². The van der Waals surface area contributed by atoms with E-state index in [4.69, 9.17) is 0 Å². The van der Waals surface area contributed by atoms with E-state index in [-0.39, 0.29) is 23.5 Å². The lowest BCUT2D eigenvalue weighted by atomic mass is 10.0. The first-order valence-electron chi connectivity index (χ1n) is 8.56. The molecule has 0 bridgehead atoms. The number of carbonyl (C=O) groups is 3. The van der Waals surface area contributed by atoms with Crippen LogP contribution in [0.1, 0.15) is 57.3 Å². The Morgan fingerprint density at radius 1 is 0.920 bits per heavy atom. The van der Waals surface area contributed by atoms with Crippen LogP contribution in [-0.4, -0.2) is 35.0 Å². The average Bonchev–Trinajstić information content (AvgIpc) is 3.10. The number of rotatable bonds is 5. The van der Waals surface area contributed by atoms with Crippen molar-refractivity contribution in [3.05, 3.63) is 71.3 Å². The number of likely N-dealkylation sites (tertiary alicyclic amines) is 1. The van der Waals surface area contributed by atoms with E-state index >= 15 is 0 Å². The third-order valence-electron chi connectivity index (χ3n) is 4.69. The van der Waals surface area contributed by atoms with Crippen molar-refractivity contribution in [2.24, 2.45) is 0 Å². The maximum absolute atomic E-state index is 12.8. The van der Waals surface area contributed by atoms with Crippen LogP contribution in [0, 0.1) is 0 Å². The van der Waals surface area contributed by atoms with Crippen LogP contribution in [0.4, 0.5) is 0 Å². The van der Waals surface area contributed by atoms with Gasteiger partial charge in [-0.15, -0.1) is 0 Å². The molecule has 4 heteroatoms. The van der Waals surface area contributed by atoms with Crippen LogP contribution in [0.15, 0.2) is 54.6 Å². The minimum absolute atomic E-state index is 0.0218. The number of hydrogen-bond donors (Lipinski definition) is 0. The first-order valence-corrected chi connectivity index (χ1v) is 8.56. The van der Waals surface area contributed by atoms with Gasteiger partial charge in [-0.1, -0.05) is 42.5 Å². The van der Waals surface area contributed by atoms with Crippen molar-refractivity contribution >= 4 is 17.5 Å². The van der Waals surface area contributed by atoms with Gasteiger partial charge >= 0.3 is 0 Å². The highest BCUT2D eigenvalue weighted by atomic mass is 16.2. The molecule has 1 heterocycles. The number of amides is 1. The van der Waals surface area contributed by atoms with Crippen molar-refractivity contribution < 1.29 is 14.4 Å². The van der Waals surface area contributed by atoms with Gasteiger partial charge < -0.3 is 4.90 Å². The quantitative estimate of drug-likeness (QED) is 0.782. The Hall–Kier alpha value is -2.75. The molecule has 2 aromatic carbocycles. The van der Waals surface area contributed by atoms with Crippen LogP contribution in [-0.2, 0) is 0 Å². The van der Waals surface area contributed by atoms with E-state index in [0.717, 1.165) is 12.8 Å². The summed E-state index contributed by atoms with van der Waals surface area (Å²) >= 11 is 0. The van der Waals surface area contributed by atoms with Crippen molar-refractivity contribution in [3.8, 4) is 0 Å². The number of Topliss-reactive ketones (excluding diaryl/α,β-unsaturated/α-hetero) is 2. The molecule has 4 nitrogen and oxygen atoms in total. The summed E-state index contributed by atoms with van der Waals surface area (Å²) in [6.07, 6.45) is 2.10. The van der Waals surface area contributed by atoms with Gasteiger partial charge in [0.15, 0.2) is 11.6 Å². The van der Waals surface area contributed by atoms with Crippen LogP contribution < -0.4 is 0 Å². The number of hydrogen-bond acceptors (Lipinski definition) is 3. The van der Waals surface area contributed by atoms with Crippen molar-refractivity contribution in [1.29, 1.82) is 0 Å². The first kappa shape index (κ1) is 17.1. The Labute approximate surface area is 147 Å². The Kier molecular flexibility index (Phi) is 5.08. The zero-order chi connectivity index (χ0) is 17.8. The van der Waals surface area contributed by atoms with Gasteiger partial charge in [-0.3, -0.25) is 14.4 Å².